The molecule has 0 saturated carbocycles. The van der Waals surface area contributed by atoms with Gasteiger partial charge >= 0.3 is 0 Å². The van der Waals surface area contributed by atoms with E-state index in [4.69, 9.17) is 9.47 Å². The summed E-state index contributed by atoms with van der Waals surface area (Å²) in [5, 5.41) is 11.1. The zero-order chi connectivity index (χ0) is 22.8. The van der Waals surface area contributed by atoms with Crippen LogP contribution in [0.4, 0.5) is 0 Å². The number of hydrogen-bond donors (Lipinski definition) is 1. The number of carbonyl (C=O) groups is 1. The molecule has 2 aliphatic rings. The Bertz CT molecular complexity index is 834. The maximum absolute atomic E-state index is 12.5. The van der Waals surface area contributed by atoms with Crippen LogP contribution in [0.5, 0.6) is 11.5 Å². The highest BCUT2D eigenvalue weighted by atomic mass is 16.5. The zero-order valence-electron chi connectivity index (χ0n) is 20.2. The standard InChI is InChI=1S/C27H40O4/c1-7-8-9-10-13-26(2,3)19-15-22(28)25-20-14-18(23(29)17-30-6)11-12-21(20)27(4,5)31-24(25)16-19/h11,15-16,20-21,28H,7-10,12-14,17H2,1-6H3/t20-,21-/m1/s1. The van der Waals surface area contributed by atoms with E-state index in [-0.39, 0.29) is 35.2 Å². The largest absolute Gasteiger partial charge is 0.508 e. The molecule has 0 amide bonds. The number of ketones is 1. The molecule has 0 saturated heterocycles. The number of fused-ring (bicyclic) bond motifs is 3. The van der Waals surface area contributed by atoms with Gasteiger partial charge in [-0.2, -0.15) is 0 Å². The highest BCUT2D eigenvalue weighted by Crippen LogP contribution is 2.55. The molecule has 0 bridgehead atoms. The molecule has 1 aliphatic heterocycles. The van der Waals surface area contributed by atoms with Crippen molar-refractivity contribution in [2.24, 2.45) is 5.92 Å². The van der Waals surface area contributed by atoms with Crippen molar-refractivity contribution in [3.8, 4) is 11.5 Å². The van der Waals surface area contributed by atoms with Crippen molar-refractivity contribution < 1.29 is 19.4 Å². The summed E-state index contributed by atoms with van der Waals surface area (Å²) in [5.74, 6) is 1.42. The third kappa shape index (κ3) is 5.00. The summed E-state index contributed by atoms with van der Waals surface area (Å²) in [5.41, 5.74) is 2.41. The van der Waals surface area contributed by atoms with E-state index in [1.165, 1.54) is 25.7 Å². The monoisotopic (exact) mass is 428 g/mol. The Morgan fingerprint density at radius 2 is 2.00 bits per heavy atom. The average Bonchev–Trinajstić information content (AvgIpc) is 2.70. The van der Waals surface area contributed by atoms with Gasteiger partial charge in [-0.25, -0.2) is 0 Å². The van der Waals surface area contributed by atoms with Crippen LogP contribution in [0, 0.1) is 5.92 Å². The Hall–Kier alpha value is -1.81. The number of phenols is 1. The molecule has 0 aromatic heterocycles. The smallest absolute Gasteiger partial charge is 0.184 e. The van der Waals surface area contributed by atoms with Gasteiger partial charge in [0.2, 0.25) is 0 Å². The number of benzene rings is 1. The second-order valence-corrected chi connectivity index (χ2v) is 10.5. The van der Waals surface area contributed by atoms with Gasteiger partial charge in [0, 0.05) is 24.5 Å². The Balaban J connectivity index is 1.93. The molecular formula is C27H40O4. The molecule has 4 nitrogen and oxygen atoms in total. The fourth-order valence-electron chi connectivity index (χ4n) is 5.38. The van der Waals surface area contributed by atoms with Crippen LogP contribution < -0.4 is 4.74 Å². The normalized spacial score (nSPS) is 22.2. The molecule has 1 N–H and O–H groups in total. The molecule has 1 aliphatic carbocycles. The summed E-state index contributed by atoms with van der Waals surface area (Å²) < 4.78 is 11.6. The Kier molecular flexibility index (Phi) is 7.20. The Morgan fingerprint density at radius 3 is 2.68 bits per heavy atom. The minimum Gasteiger partial charge on any atom is -0.508 e. The molecule has 31 heavy (non-hydrogen) atoms. The van der Waals surface area contributed by atoms with Crippen molar-refractivity contribution in [2.75, 3.05) is 13.7 Å². The molecule has 0 radical (unpaired) electrons. The third-order valence-electron chi connectivity index (χ3n) is 7.37. The molecule has 4 heteroatoms. The summed E-state index contributed by atoms with van der Waals surface area (Å²) in [7, 11) is 1.55. The quantitative estimate of drug-likeness (QED) is 0.459. The number of rotatable bonds is 9. The molecule has 0 spiro atoms. The van der Waals surface area contributed by atoms with E-state index in [9.17, 15) is 9.90 Å². The highest BCUT2D eigenvalue weighted by Gasteiger charge is 2.47. The Labute approximate surface area is 188 Å². The predicted molar refractivity (Wildman–Crippen MR) is 125 cm³/mol. The fourth-order valence-corrected chi connectivity index (χ4v) is 5.38. The van der Waals surface area contributed by atoms with Gasteiger partial charge in [-0.3, -0.25) is 4.79 Å². The number of allylic oxidation sites excluding steroid dienone is 1. The first-order chi connectivity index (χ1) is 14.6. The highest BCUT2D eigenvalue weighted by molar-refractivity contribution is 5.96. The molecule has 172 valence electrons. The summed E-state index contributed by atoms with van der Waals surface area (Å²) >= 11 is 0. The van der Waals surface area contributed by atoms with Crippen LogP contribution in [-0.2, 0) is 14.9 Å². The van der Waals surface area contributed by atoms with E-state index in [2.05, 4.69) is 40.7 Å². The molecule has 2 atom stereocenters. The summed E-state index contributed by atoms with van der Waals surface area (Å²) in [6.07, 6.45) is 9.45. The van der Waals surface area contributed by atoms with Crippen molar-refractivity contribution in [2.45, 2.75) is 96.5 Å². The number of Topliss-reactive ketones (excluding diaryl/α,β-unsaturated/α-hetero) is 1. The van der Waals surface area contributed by atoms with Crippen molar-refractivity contribution in [1.82, 2.24) is 0 Å². The van der Waals surface area contributed by atoms with E-state index >= 15 is 0 Å². The molecular weight excluding hydrogens is 388 g/mol. The zero-order valence-corrected chi connectivity index (χ0v) is 20.2. The Morgan fingerprint density at radius 1 is 1.26 bits per heavy atom. The van der Waals surface area contributed by atoms with Gasteiger partial charge in [0.1, 0.15) is 23.7 Å². The number of ether oxygens (including phenoxy) is 2. The van der Waals surface area contributed by atoms with Crippen LogP contribution in [0.15, 0.2) is 23.8 Å². The number of unbranched alkanes of at least 4 members (excludes halogenated alkanes) is 3. The topological polar surface area (TPSA) is 55.8 Å². The molecule has 1 aromatic rings. The van der Waals surface area contributed by atoms with Gasteiger partial charge in [0.25, 0.3) is 0 Å². The molecule has 0 fully saturated rings. The van der Waals surface area contributed by atoms with Crippen molar-refractivity contribution in [1.29, 1.82) is 0 Å². The second kappa shape index (κ2) is 9.36. The van der Waals surface area contributed by atoms with Crippen molar-refractivity contribution in [3.63, 3.8) is 0 Å². The maximum atomic E-state index is 12.5. The predicted octanol–water partition coefficient (Wildman–Crippen LogP) is 6.45. The maximum Gasteiger partial charge on any atom is 0.184 e. The average molecular weight is 429 g/mol. The van der Waals surface area contributed by atoms with Gasteiger partial charge in [-0.05, 0) is 61.8 Å². The first-order valence-electron chi connectivity index (χ1n) is 11.9. The van der Waals surface area contributed by atoms with Crippen LogP contribution >= 0.6 is 0 Å². The lowest BCUT2D eigenvalue weighted by atomic mass is 9.66. The van der Waals surface area contributed by atoms with Gasteiger partial charge in [0.05, 0.1) is 0 Å². The lowest BCUT2D eigenvalue weighted by Gasteiger charge is -2.47. The van der Waals surface area contributed by atoms with E-state index in [1.54, 1.807) is 7.11 Å². The van der Waals surface area contributed by atoms with Gasteiger partial charge in [0.15, 0.2) is 5.78 Å². The van der Waals surface area contributed by atoms with Gasteiger partial charge in [-0.1, -0.05) is 52.5 Å². The number of aromatic hydroxyl groups is 1. The first-order valence-corrected chi connectivity index (χ1v) is 11.9. The summed E-state index contributed by atoms with van der Waals surface area (Å²) in [6, 6.07) is 4.08. The number of phenolic OH excluding ortho intramolecular Hbond substituents is 1. The van der Waals surface area contributed by atoms with E-state index in [0.717, 1.165) is 35.3 Å². The number of methoxy groups -OCH3 is 1. The summed E-state index contributed by atoms with van der Waals surface area (Å²) in [4.78, 5) is 12.5. The fraction of sp³-hybridized carbons (Fsp3) is 0.667. The van der Waals surface area contributed by atoms with Gasteiger partial charge < -0.3 is 14.6 Å². The lowest BCUT2D eigenvalue weighted by Crippen LogP contribution is -2.46. The SMILES string of the molecule is CCCCCCC(C)(C)c1cc(O)c2c(c1)OC(C)(C)[C@@H]1CC=C(C(=O)COC)C[C@@H]21. The van der Waals surface area contributed by atoms with E-state index < -0.39 is 0 Å². The van der Waals surface area contributed by atoms with Crippen LogP contribution in [0.25, 0.3) is 0 Å². The summed E-state index contributed by atoms with van der Waals surface area (Å²) in [6.45, 7) is 11.1. The van der Waals surface area contributed by atoms with Crippen molar-refractivity contribution in [3.05, 3.63) is 34.9 Å². The minimum absolute atomic E-state index is 0.0311. The molecule has 0 unspecified atom stereocenters. The van der Waals surface area contributed by atoms with E-state index in [0.29, 0.717) is 12.2 Å². The van der Waals surface area contributed by atoms with Crippen LogP contribution in [0.3, 0.4) is 0 Å². The van der Waals surface area contributed by atoms with Crippen molar-refractivity contribution >= 4 is 5.78 Å². The van der Waals surface area contributed by atoms with Crippen LogP contribution in [0.1, 0.15) is 96.6 Å². The van der Waals surface area contributed by atoms with Gasteiger partial charge in [-0.15, -0.1) is 0 Å². The molecule has 3 rings (SSSR count). The van der Waals surface area contributed by atoms with E-state index in [1.807, 2.05) is 12.1 Å². The van der Waals surface area contributed by atoms with Crippen LogP contribution in [0.2, 0.25) is 0 Å². The second-order valence-electron chi connectivity index (χ2n) is 10.5. The van der Waals surface area contributed by atoms with Crippen LogP contribution in [-0.4, -0.2) is 30.2 Å². The molecule has 1 aromatic carbocycles. The number of hydrogen-bond acceptors (Lipinski definition) is 4. The first kappa shape index (κ1) is 23.8. The lowest BCUT2D eigenvalue weighted by molar-refractivity contribution is -0.119. The number of carbonyl (C=O) groups excluding carboxylic acids is 1. The minimum atomic E-state index is -0.361. The molecule has 1 heterocycles. The third-order valence-corrected chi connectivity index (χ3v) is 7.37.